The van der Waals surface area contributed by atoms with Crippen LogP contribution in [0.2, 0.25) is 0 Å². The van der Waals surface area contributed by atoms with Gasteiger partial charge in [-0.05, 0) is 34.5 Å². The van der Waals surface area contributed by atoms with Crippen LogP contribution in [-0.2, 0) is 0 Å². The fraction of sp³-hybridized carbons (Fsp3) is 0.750. The minimum Gasteiger partial charge on any atom is -0.0776 e. The second-order valence-electron chi connectivity index (χ2n) is 13.2. The Hall–Kier alpha value is -0.0500. The summed E-state index contributed by atoms with van der Waals surface area (Å²) in [5, 5.41) is 1.31. The van der Waals surface area contributed by atoms with Crippen LogP contribution < -0.4 is 0 Å². The number of hydrogen-bond acceptors (Lipinski definition) is 0. The molecular weight excluding hydrogens is 398 g/mol. The van der Waals surface area contributed by atoms with Crippen molar-refractivity contribution in [2.24, 2.45) is 0 Å². The van der Waals surface area contributed by atoms with E-state index >= 15 is 0 Å². The van der Waals surface area contributed by atoms with Crippen molar-refractivity contribution < 1.29 is 0 Å². The van der Waals surface area contributed by atoms with Crippen LogP contribution in [0.5, 0.6) is 0 Å². The summed E-state index contributed by atoms with van der Waals surface area (Å²) in [7, 11) is -0.372. The molecule has 0 unspecified atom stereocenters. The molecule has 0 radical (unpaired) electrons. The van der Waals surface area contributed by atoms with Gasteiger partial charge in [-0.25, -0.2) is 0 Å². The topological polar surface area (TPSA) is 0 Å². The standard InChI is InChI=1S/C28H51P2/c1-19-20(2)23(17-29(25(5,6)7)26(8,9)10)22(4)24(21(19)3)18-30(27(11,12)13)28(14,15)16/h4,17-18H2,1-3,5-16H3/q+1. The van der Waals surface area contributed by atoms with Gasteiger partial charge in [0.1, 0.15) is 0 Å². The number of hydrogen-bond donors (Lipinski definition) is 0. The van der Waals surface area contributed by atoms with Gasteiger partial charge in [0, 0.05) is 19.2 Å². The Bertz CT molecular complexity index is 618. The van der Waals surface area contributed by atoms with E-state index in [1.54, 1.807) is 11.1 Å². The molecular formula is C28H51P2+. The Morgan fingerprint density at radius 3 is 1.03 bits per heavy atom. The van der Waals surface area contributed by atoms with E-state index in [0.29, 0.717) is 20.6 Å². The van der Waals surface area contributed by atoms with Gasteiger partial charge in [-0.2, -0.15) is 0 Å². The first-order chi connectivity index (χ1) is 13.1. The third-order valence-corrected chi connectivity index (χ3v) is 14.4. The molecule has 2 heteroatoms. The smallest absolute Gasteiger partial charge is 0.0776 e. The summed E-state index contributed by atoms with van der Waals surface area (Å²) < 4.78 is 0. The molecule has 1 aliphatic carbocycles. The van der Waals surface area contributed by atoms with Crippen LogP contribution in [0.25, 0.3) is 0 Å². The van der Waals surface area contributed by atoms with E-state index in [0.717, 1.165) is 0 Å². The molecule has 0 fully saturated rings. The summed E-state index contributed by atoms with van der Waals surface area (Å²) in [6, 6.07) is 0. The lowest BCUT2D eigenvalue weighted by Gasteiger charge is -2.43. The molecule has 0 spiro atoms. The first-order valence-electron chi connectivity index (χ1n) is 11.6. The predicted molar refractivity (Wildman–Crippen MR) is 146 cm³/mol. The molecule has 0 amide bonds. The van der Waals surface area contributed by atoms with Crippen LogP contribution in [0.15, 0.2) is 34.4 Å². The van der Waals surface area contributed by atoms with Crippen molar-refractivity contribution in [2.75, 3.05) is 12.3 Å². The van der Waals surface area contributed by atoms with Crippen molar-refractivity contribution in [2.45, 2.75) is 124 Å². The highest BCUT2D eigenvalue weighted by Crippen LogP contribution is 2.64. The van der Waals surface area contributed by atoms with Crippen LogP contribution in [0.1, 0.15) is 104 Å². The monoisotopic (exact) mass is 449 g/mol. The maximum absolute atomic E-state index is 4.74. The lowest BCUT2D eigenvalue weighted by Crippen LogP contribution is -2.30. The van der Waals surface area contributed by atoms with Gasteiger partial charge in [0.2, 0.25) is 0 Å². The van der Waals surface area contributed by atoms with E-state index in [2.05, 4.69) is 104 Å². The Labute approximate surface area is 193 Å². The maximum Gasteiger partial charge on any atom is 0.0839 e. The van der Waals surface area contributed by atoms with E-state index in [1.165, 1.54) is 35.0 Å². The molecule has 0 aliphatic heterocycles. The Morgan fingerprint density at radius 1 is 0.600 bits per heavy atom. The summed E-state index contributed by atoms with van der Waals surface area (Å²) >= 11 is 0. The molecule has 0 aromatic carbocycles. The fourth-order valence-electron chi connectivity index (χ4n) is 5.07. The quantitative estimate of drug-likeness (QED) is 0.296. The number of allylic oxidation sites excluding steroid dienone is 5. The highest BCUT2D eigenvalue weighted by atomic mass is 31.1. The minimum absolute atomic E-state index is 0.186. The Balaban J connectivity index is 3.44. The molecule has 0 nitrogen and oxygen atoms in total. The van der Waals surface area contributed by atoms with Gasteiger partial charge in [-0.1, -0.05) is 106 Å². The summed E-state index contributed by atoms with van der Waals surface area (Å²) in [6.45, 7) is 40.9. The van der Waals surface area contributed by atoms with Gasteiger partial charge < -0.3 is 0 Å². The maximum atomic E-state index is 4.74. The molecule has 0 aromatic heterocycles. The third kappa shape index (κ3) is 6.48. The molecule has 0 atom stereocenters. The molecule has 172 valence electrons. The van der Waals surface area contributed by atoms with Gasteiger partial charge in [-0.3, -0.25) is 0 Å². The Morgan fingerprint density at radius 2 is 0.833 bits per heavy atom. The zero-order chi connectivity index (χ0) is 24.0. The molecule has 0 N–H and O–H groups in total. The lowest BCUT2D eigenvalue weighted by molar-refractivity contribution is 0.705. The van der Waals surface area contributed by atoms with Gasteiger partial charge in [0.15, 0.2) is 0 Å². The van der Waals surface area contributed by atoms with Crippen molar-refractivity contribution in [3.8, 4) is 0 Å². The summed E-state index contributed by atoms with van der Waals surface area (Å²) in [4.78, 5) is 0. The second-order valence-corrected chi connectivity index (χ2v) is 20.9. The van der Waals surface area contributed by atoms with Crippen LogP contribution in [-0.4, -0.2) is 32.9 Å². The Kier molecular flexibility index (Phi) is 8.46. The zero-order valence-corrected chi connectivity index (χ0v) is 24.8. The van der Waals surface area contributed by atoms with E-state index in [1.807, 2.05) is 0 Å². The molecule has 1 aliphatic rings. The number of rotatable bonds is 4. The average molecular weight is 450 g/mol. The zero-order valence-electron chi connectivity index (χ0n) is 23.0. The molecule has 0 saturated carbocycles. The largest absolute Gasteiger partial charge is 0.0839 e. The van der Waals surface area contributed by atoms with E-state index in [9.17, 15) is 0 Å². The van der Waals surface area contributed by atoms with Crippen molar-refractivity contribution in [3.05, 3.63) is 40.4 Å². The highest BCUT2D eigenvalue weighted by molar-refractivity contribution is 7.61. The average Bonchev–Trinajstić information content (AvgIpc) is 2.47. The molecule has 0 aromatic rings. The SMILES string of the molecule is C=C1C(CP(C(C)(C)C)C(C)(C)C)=C(C)[C+](C)C(C)=C1CP(C(C)(C)C)C(C)(C)C. The first kappa shape index (κ1) is 28.0. The molecule has 30 heavy (non-hydrogen) atoms. The first-order valence-corrected chi connectivity index (χ1v) is 14.6. The van der Waals surface area contributed by atoms with E-state index in [4.69, 9.17) is 6.58 Å². The fourth-order valence-corrected chi connectivity index (χ4v) is 12.5. The third-order valence-electron chi connectivity index (χ3n) is 6.63. The van der Waals surface area contributed by atoms with Crippen molar-refractivity contribution in [1.82, 2.24) is 0 Å². The van der Waals surface area contributed by atoms with Gasteiger partial charge in [-0.15, -0.1) is 0 Å². The van der Waals surface area contributed by atoms with Gasteiger partial charge >= 0.3 is 0 Å². The van der Waals surface area contributed by atoms with Crippen LogP contribution in [0.3, 0.4) is 0 Å². The molecule has 0 saturated heterocycles. The van der Waals surface area contributed by atoms with Crippen LogP contribution in [0.4, 0.5) is 0 Å². The van der Waals surface area contributed by atoms with Crippen molar-refractivity contribution in [3.63, 3.8) is 0 Å². The minimum atomic E-state index is -0.186. The molecule has 0 bridgehead atoms. The predicted octanol–water partition coefficient (Wildman–Crippen LogP) is 9.94. The summed E-state index contributed by atoms with van der Waals surface area (Å²) in [5.41, 5.74) is 7.40. The second kappa shape index (κ2) is 9.06. The van der Waals surface area contributed by atoms with E-state index < -0.39 is 0 Å². The summed E-state index contributed by atoms with van der Waals surface area (Å²) in [5.74, 6) is 1.49. The summed E-state index contributed by atoms with van der Waals surface area (Å²) in [6.07, 6.45) is 2.37. The normalized spacial score (nSPS) is 17.8. The molecule has 1 rings (SSSR count). The van der Waals surface area contributed by atoms with E-state index in [-0.39, 0.29) is 15.8 Å². The van der Waals surface area contributed by atoms with Crippen LogP contribution >= 0.6 is 15.8 Å². The van der Waals surface area contributed by atoms with Gasteiger partial charge in [0.25, 0.3) is 0 Å². The van der Waals surface area contributed by atoms with Crippen molar-refractivity contribution in [1.29, 1.82) is 0 Å². The van der Waals surface area contributed by atoms with Crippen molar-refractivity contribution >= 4 is 15.8 Å². The van der Waals surface area contributed by atoms with Crippen LogP contribution in [0, 0.1) is 5.92 Å². The van der Waals surface area contributed by atoms with Gasteiger partial charge in [0.05, 0.1) is 33.8 Å². The highest BCUT2D eigenvalue weighted by Gasteiger charge is 2.43. The lowest BCUT2D eigenvalue weighted by atomic mass is 9.79. The molecule has 0 heterocycles.